The van der Waals surface area contributed by atoms with E-state index in [1.165, 1.54) is 5.57 Å². The minimum absolute atomic E-state index is 0.0178. The van der Waals surface area contributed by atoms with Gasteiger partial charge >= 0.3 is 7.12 Å². The highest BCUT2D eigenvalue weighted by molar-refractivity contribution is 6.43. The highest BCUT2D eigenvalue weighted by Gasteiger charge is 2.52. The third-order valence-electron chi connectivity index (χ3n) is 8.10. The maximum absolute atomic E-state index is 13.6. The van der Waals surface area contributed by atoms with Crippen LogP contribution in [0.15, 0.2) is 65.3 Å². The van der Waals surface area contributed by atoms with Crippen LogP contribution in [0.2, 0.25) is 6.32 Å². The summed E-state index contributed by atoms with van der Waals surface area (Å²) < 4.78 is 6.06. The molecule has 2 N–H and O–H groups in total. The minimum Gasteiger partial charge on any atom is -0.507 e. The van der Waals surface area contributed by atoms with Crippen molar-refractivity contribution in [2.45, 2.75) is 58.4 Å². The molecule has 186 valence electrons. The summed E-state index contributed by atoms with van der Waals surface area (Å²) in [6.07, 6.45) is 5.96. The lowest BCUT2D eigenvalue weighted by molar-refractivity contribution is 0.0601. The van der Waals surface area contributed by atoms with Crippen LogP contribution in [0.25, 0.3) is 6.08 Å². The van der Waals surface area contributed by atoms with Crippen LogP contribution < -0.4 is 0 Å². The summed E-state index contributed by atoms with van der Waals surface area (Å²) in [5.41, 5.74) is 5.26. The van der Waals surface area contributed by atoms with Crippen LogP contribution in [-0.2, 0) is 4.65 Å². The first-order valence-corrected chi connectivity index (χ1v) is 13.1. The van der Waals surface area contributed by atoms with Gasteiger partial charge in [0.1, 0.15) is 5.75 Å². The molecule has 0 spiro atoms. The predicted octanol–water partition coefficient (Wildman–Crippen LogP) is 5.88. The number of allylic oxidation sites excluding steroid dienone is 2. The molecule has 6 heteroatoms. The molecule has 0 unspecified atom stereocenters. The summed E-state index contributed by atoms with van der Waals surface area (Å²) in [4.78, 5) is 27.0. The molecule has 1 aliphatic heterocycles. The number of ketones is 2. The van der Waals surface area contributed by atoms with Crippen LogP contribution in [0.1, 0.15) is 72.2 Å². The summed E-state index contributed by atoms with van der Waals surface area (Å²) >= 11 is 0. The summed E-state index contributed by atoms with van der Waals surface area (Å²) in [7, 11) is -0.966. The number of phenols is 1. The van der Waals surface area contributed by atoms with E-state index in [-0.39, 0.29) is 35.3 Å². The van der Waals surface area contributed by atoms with Crippen LogP contribution in [0.5, 0.6) is 5.75 Å². The predicted molar refractivity (Wildman–Crippen MR) is 141 cm³/mol. The molecule has 2 aromatic carbocycles. The molecule has 0 amide bonds. The van der Waals surface area contributed by atoms with Gasteiger partial charge in [0.15, 0.2) is 11.6 Å². The van der Waals surface area contributed by atoms with Crippen LogP contribution in [0.3, 0.4) is 0 Å². The van der Waals surface area contributed by atoms with E-state index in [9.17, 15) is 19.7 Å². The smallest absolute Gasteiger partial charge is 0.455 e. The zero-order valence-electron chi connectivity index (χ0n) is 20.9. The Balaban J connectivity index is 1.43. The summed E-state index contributed by atoms with van der Waals surface area (Å²) in [6, 6.07) is 14.4. The van der Waals surface area contributed by atoms with E-state index in [0.29, 0.717) is 30.3 Å². The number of carbonyl (C=O) groups is 2. The van der Waals surface area contributed by atoms with Gasteiger partial charge in [-0.25, -0.2) is 0 Å². The maximum Gasteiger partial charge on any atom is 0.455 e. The Hall–Kier alpha value is -2.96. The fraction of sp³-hybridized carbons (Fsp3) is 0.400. The lowest BCUT2D eigenvalue weighted by Gasteiger charge is -2.47. The average Bonchev–Trinajstić information content (AvgIpc) is 2.86. The second-order valence-electron chi connectivity index (χ2n) is 10.4. The Morgan fingerprint density at radius 2 is 1.72 bits per heavy atom. The van der Waals surface area contributed by atoms with E-state index in [4.69, 9.17) is 4.65 Å². The molecule has 1 fully saturated rings. The second-order valence-corrected chi connectivity index (χ2v) is 10.4. The Morgan fingerprint density at radius 3 is 2.44 bits per heavy atom. The van der Waals surface area contributed by atoms with Crippen LogP contribution in [0.4, 0.5) is 0 Å². The fourth-order valence-electron chi connectivity index (χ4n) is 6.56. The molecular weight excluding hydrogens is 451 g/mol. The van der Waals surface area contributed by atoms with Crippen LogP contribution in [0, 0.1) is 17.8 Å². The molecule has 1 saturated heterocycles. The van der Waals surface area contributed by atoms with E-state index in [1.807, 2.05) is 36.4 Å². The quantitative estimate of drug-likeness (QED) is 0.395. The summed E-state index contributed by atoms with van der Waals surface area (Å²) in [6.45, 7) is 4.18. The molecule has 0 bridgehead atoms. The van der Waals surface area contributed by atoms with Gasteiger partial charge in [-0.05, 0) is 56.5 Å². The van der Waals surface area contributed by atoms with Gasteiger partial charge in [0.2, 0.25) is 0 Å². The van der Waals surface area contributed by atoms with Gasteiger partial charge in [-0.3, -0.25) is 9.59 Å². The van der Waals surface area contributed by atoms with Crippen molar-refractivity contribution in [1.29, 1.82) is 0 Å². The first-order valence-electron chi connectivity index (χ1n) is 13.1. The number of para-hydroxylation sites is 1. The van der Waals surface area contributed by atoms with Crippen molar-refractivity contribution in [3.63, 3.8) is 0 Å². The molecule has 5 nitrogen and oxygen atoms in total. The maximum atomic E-state index is 13.6. The van der Waals surface area contributed by atoms with E-state index >= 15 is 0 Å². The van der Waals surface area contributed by atoms with Crippen molar-refractivity contribution in [3.8, 4) is 5.75 Å². The number of aromatic hydroxyl groups is 1. The first-order chi connectivity index (χ1) is 17.4. The number of hydrogen-bond donors (Lipinski definition) is 2. The lowest BCUT2D eigenvalue weighted by atomic mass is 9.54. The molecule has 2 aliphatic carbocycles. The lowest BCUT2D eigenvalue weighted by Crippen LogP contribution is -2.50. The fourth-order valence-corrected chi connectivity index (χ4v) is 6.56. The largest absolute Gasteiger partial charge is 0.507 e. The Bertz CT molecular complexity index is 1250. The van der Waals surface area contributed by atoms with Crippen molar-refractivity contribution in [3.05, 3.63) is 81.9 Å². The number of benzene rings is 2. The molecule has 2 aromatic rings. The molecule has 0 aromatic heterocycles. The molecular formula is C30H33BO5. The Kier molecular flexibility index (Phi) is 7.00. The van der Waals surface area contributed by atoms with E-state index in [1.54, 1.807) is 18.2 Å². The number of Topliss-reactive ketones (excluding diaryl/α,β-unsaturated/α-hetero) is 2. The minimum atomic E-state index is -0.966. The number of fused-ring (bicyclic) bond motifs is 4. The van der Waals surface area contributed by atoms with E-state index < -0.39 is 13.0 Å². The third-order valence-corrected chi connectivity index (χ3v) is 8.10. The first kappa shape index (κ1) is 24.7. The second kappa shape index (κ2) is 10.2. The highest BCUT2D eigenvalue weighted by Crippen LogP contribution is 2.50. The molecule has 4 atom stereocenters. The number of carbonyl (C=O) groups excluding carboxylic acids is 2. The standard InChI is InChI=1S/C30H33BO5/c1-3-8-19(16-20-9-4-7-12-25(20)32)13-14-26-27-18(2)15-23-28(24(27)17-31(35)36-26)30(34)22-11-6-5-10-21(22)29(23)33/h4-7,9-12,16,23-24,26,28,32,35H,3,8,13-15,17H2,1-2H3/b19-16+/t23-,24+,26-,28-/m1/s1. The molecule has 36 heavy (non-hydrogen) atoms. The topological polar surface area (TPSA) is 83.8 Å². The Labute approximate surface area is 213 Å². The van der Waals surface area contributed by atoms with Gasteiger partial charge in [0.05, 0.1) is 6.10 Å². The van der Waals surface area contributed by atoms with E-state index in [2.05, 4.69) is 13.8 Å². The Morgan fingerprint density at radius 1 is 1.03 bits per heavy atom. The number of phenolic OH excluding ortho intramolecular Hbond substituents is 1. The van der Waals surface area contributed by atoms with Gasteiger partial charge in [-0.2, -0.15) is 0 Å². The SMILES string of the molecule is CCC/C(=C\c1ccccc1O)CC[C@H]1OB(O)C[C@H]2C1=C(C)C[C@H]1C(=O)c3ccccc3C(=O)[C@H]12. The van der Waals surface area contributed by atoms with Crippen molar-refractivity contribution < 1.29 is 24.4 Å². The van der Waals surface area contributed by atoms with Crippen molar-refractivity contribution in [2.24, 2.45) is 17.8 Å². The average molecular weight is 484 g/mol. The summed E-state index contributed by atoms with van der Waals surface area (Å²) in [5, 5.41) is 20.9. The number of rotatable bonds is 6. The van der Waals surface area contributed by atoms with Crippen LogP contribution >= 0.6 is 0 Å². The molecule has 0 saturated carbocycles. The highest BCUT2D eigenvalue weighted by atomic mass is 16.5. The van der Waals surface area contributed by atoms with E-state index in [0.717, 1.165) is 36.0 Å². The van der Waals surface area contributed by atoms with Gasteiger partial charge in [0.25, 0.3) is 0 Å². The zero-order chi connectivity index (χ0) is 25.4. The monoisotopic (exact) mass is 484 g/mol. The van der Waals surface area contributed by atoms with Crippen molar-refractivity contribution >= 4 is 24.8 Å². The molecule has 3 aliphatic rings. The molecule has 1 heterocycles. The molecule has 0 radical (unpaired) electrons. The summed E-state index contributed by atoms with van der Waals surface area (Å²) in [5.74, 6) is -0.693. The van der Waals surface area contributed by atoms with Crippen molar-refractivity contribution in [1.82, 2.24) is 0 Å². The van der Waals surface area contributed by atoms with Crippen LogP contribution in [-0.4, -0.2) is 34.9 Å². The third kappa shape index (κ3) is 4.49. The van der Waals surface area contributed by atoms with Gasteiger partial charge in [-0.1, -0.05) is 73.0 Å². The number of hydrogen-bond acceptors (Lipinski definition) is 5. The van der Waals surface area contributed by atoms with Gasteiger partial charge < -0.3 is 14.8 Å². The van der Waals surface area contributed by atoms with Crippen molar-refractivity contribution in [2.75, 3.05) is 0 Å². The zero-order valence-corrected chi connectivity index (χ0v) is 20.9. The van der Waals surface area contributed by atoms with Gasteiger partial charge in [-0.15, -0.1) is 0 Å². The normalized spacial score (nSPS) is 26.0. The molecule has 5 rings (SSSR count). The van der Waals surface area contributed by atoms with Gasteiger partial charge in [0, 0.05) is 28.5 Å².